The predicted molar refractivity (Wildman–Crippen MR) is 135 cm³/mol. The molecule has 4 aromatic rings. The molecule has 0 aliphatic carbocycles. The van der Waals surface area contributed by atoms with Crippen LogP contribution in [0.4, 0.5) is 19.3 Å². The highest BCUT2D eigenvalue weighted by molar-refractivity contribution is 6.01. The number of fused-ring (bicyclic) bond motifs is 1. The average molecular weight is 522 g/mol. The molecular formula is C26H25F2N7O3. The molecule has 0 radical (unpaired) electrons. The fraction of sp³-hybridized carbons (Fsp3) is 0.231. The van der Waals surface area contributed by atoms with Gasteiger partial charge in [0.1, 0.15) is 17.7 Å². The smallest absolute Gasteiger partial charge is 0.325 e. The van der Waals surface area contributed by atoms with Gasteiger partial charge in [0.05, 0.1) is 6.42 Å². The van der Waals surface area contributed by atoms with Crippen LogP contribution in [0, 0.1) is 11.6 Å². The van der Waals surface area contributed by atoms with Gasteiger partial charge in [-0.3, -0.25) is 15.0 Å². The van der Waals surface area contributed by atoms with Gasteiger partial charge >= 0.3 is 6.03 Å². The van der Waals surface area contributed by atoms with E-state index in [0.29, 0.717) is 17.6 Å². The molecule has 38 heavy (non-hydrogen) atoms. The highest BCUT2D eigenvalue weighted by Crippen LogP contribution is 2.30. The fourth-order valence-electron chi connectivity index (χ4n) is 4.32. The minimum absolute atomic E-state index is 0.0979. The molecule has 0 saturated carbocycles. The molecule has 5 rings (SSSR count). The standard InChI is InChI=1S/C26H25F2N7O3/c27-18-3-1-16(2-4-18)11-23(36)33-26(37)32-20-5-6-22(21(28)12-20)38-25-24-17(7-10-35(24)31-15-30-25)13-34-9-8-19(29)14-34/h1-7,10,12,15,19H,8-9,11,13-14,29H2,(H2,32,33,36,37)/t19-/m0/s1. The number of urea groups is 1. The van der Waals surface area contributed by atoms with E-state index in [1.165, 1.54) is 42.7 Å². The molecule has 196 valence electrons. The highest BCUT2D eigenvalue weighted by Gasteiger charge is 2.22. The molecule has 10 nitrogen and oxygen atoms in total. The number of nitrogens with zero attached hydrogens (tertiary/aromatic N) is 4. The van der Waals surface area contributed by atoms with Crippen molar-refractivity contribution in [3.8, 4) is 11.6 Å². The summed E-state index contributed by atoms with van der Waals surface area (Å²) >= 11 is 0. The first kappa shape index (κ1) is 25.2. The number of anilines is 1. The number of nitrogens with one attached hydrogen (secondary N) is 2. The summed E-state index contributed by atoms with van der Waals surface area (Å²) in [7, 11) is 0. The van der Waals surface area contributed by atoms with Gasteiger partial charge in [0.2, 0.25) is 11.8 Å². The number of hydrogen-bond donors (Lipinski definition) is 3. The minimum Gasteiger partial charge on any atom is -0.434 e. The van der Waals surface area contributed by atoms with E-state index in [-0.39, 0.29) is 29.8 Å². The summed E-state index contributed by atoms with van der Waals surface area (Å²) in [6, 6.07) is 10.4. The van der Waals surface area contributed by atoms with E-state index in [1.807, 2.05) is 6.07 Å². The Bertz CT molecular complexity index is 1480. The van der Waals surface area contributed by atoms with Crippen LogP contribution in [0.1, 0.15) is 17.5 Å². The maximum atomic E-state index is 14.9. The SMILES string of the molecule is N[C@H]1CCN(Cc2ccn3ncnc(Oc4ccc(NC(=O)NC(=O)Cc5ccc(F)cc5)cc4F)c23)C1. The second-order valence-electron chi connectivity index (χ2n) is 9.04. The molecule has 1 saturated heterocycles. The van der Waals surface area contributed by atoms with Gasteiger partial charge in [-0.05, 0) is 47.9 Å². The number of carbonyl (C=O) groups excluding carboxylic acids is 2. The first-order chi connectivity index (χ1) is 18.3. The molecule has 1 atom stereocenters. The lowest BCUT2D eigenvalue weighted by Crippen LogP contribution is -2.35. The molecule has 2 aromatic carbocycles. The lowest BCUT2D eigenvalue weighted by atomic mass is 10.1. The third-order valence-corrected chi connectivity index (χ3v) is 6.13. The number of ether oxygens (including phenoxy) is 1. The van der Waals surface area contributed by atoms with Gasteiger partial charge in [0, 0.05) is 43.6 Å². The zero-order valence-corrected chi connectivity index (χ0v) is 20.2. The van der Waals surface area contributed by atoms with Crippen molar-refractivity contribution in [2.75, 3.05) is 18.4 Å². The Labute approximate surface area is 216 Å². The molecule has 2 aromatic heterocycles. The number of likely N-dealkylation sites (tertiary alicyclic amines) is 1. The summed E-state index contributed by atoms with van der Waals surface area (Å²) < 4.78 is 35.3. The number of amides is 3. The van der Waals surface area contributed by atoms with Gasteiger partial charge in [-0.2, -0.15) is 10.1 Å². The van der Waals surface area contributed by atoms with Gasteiger partial charge in [-0.25, -0.2) is 18.1 Å². The number of rotatable bonds is 7. The summed E-state index contributed by atoms with van der Waals surface area (Å²) in [6.45, 7) is 2.31. The van der Waals surface area contributed by atoms with Crippen LogP contribution in [0.25, 0.3) is 5.52 Å². The molecule has 1 aliphatic rings. The van der Waals surface area contributed by atoms with Gasteiger partial charge in [-0.1, -0.05) is 12.1 Å². The number of aromatic nitrogens is 3. The summed E-state index contributed by atoms with van der Waals surface area (Å²) in [5, 5.41) is 8.77. The molecule has 1 fully saturated rings. The first-order valence-corrected chi connectivity index (χ1v) is 12.0. The third kappa shape index (κ3) is 5.93. The second kappa shape index (κ2) is 10.9. The number of hydrogen-bond acceptors (Lipinski definition) is 7. The molecule has 0 unspecified atom stereocenters. The van der Waals surface area contributed by atoms with Crippen molar-refractivity contribution in [2.24, 2.45) is 5.73 Å². The van der Waals surface area contributed by atoms with Crippen molar-refractivity contribution in [1.29, 1.82) is 0 Å². The fourth-order valence-corrected chi connectivity index (χ4v) is 4.32. The second-order valence-corrected chi connectivity index (χ2v) is 9.04. The molecule has 1 aliphatic heterocycles. The van der Waals surface area contributed by atoms with E-state index >= 15 is 0 Å². The maximum Gasteiger partial charge on any atom is 0.325 e. The van der Waals surface area contributed by atoms with E-state index < -0.39 is 23.6 Å². The Morgan fingerprint density at radius 3 is 2.68 bits per heavy atom. The number of halogens is 2. The van der Waals surface area contributed by atoms with Crippen molar-refractivity contribution < 1.29 is 23.1 Å². The third-order valence-electron chi connectivity index (χ3n) is 6.13. The van der Waals surface area contributed by atoms with Gasteiger partial charge < -0.3 is 15.8 Å². The quantitative estimate of drug-likeness (QED) is 0.341. The first-order valence-electron chi connectivity index (χ1n) is 12.0. The highest BCUT2D eigenvalue weighted by atomic mass is 19.1. The topological polar surface area (TPSA) is 127 Å². The van der Waals surface area contributed by atoms with Gasteiger partial charge in [0.25, 0.3) is 0 Å². The Hall–Kier alpha value is -4.42. The van der Waals surface area contributed by atoms with E-state index in [9.17, 15) is 18.4 Å². The van der Waals surface area contributed by atoms with Gasteiger partial charge in [-0.15, -0.1) is 0 Å². The van der Waals surface area contributed by atoms with E-state index in [1.54, 1.807) is 10.7 Å². The van der Waals surface area contributed by atoms with Crippen LogP contribution in [0.15, 0.2) is 61.1 Å². The lowest BCUT2D eigenvalue weighted by molar-refractivity contribution is -0.119. The van der Waals surface area contributed by atoms with Crippen LogP contribution in [0.5, 0.6) is 11.6 Å². The Morgan fingerprint density at radius 2 is 1.95 bits per heavy atom. The van der Waals surface area contributed by atoms with E-state index in [4.69, 9.17) is 10.5 Å². The lowest BCUT2D eigenvalue weighted by Gasteiger charge is -2.15. The molecule has 3 heterocycles. The number of imide groups is 1. The normalized spacial score (nSPS) is 15.5. The zero-order valence-electron chi connectivity index (χ0n) is 20.2. The molecule has 4 N–H and O–H groups in total. The van der Waals surface area contributed by atoms with Crippen molar-refractivity contribution in [3.63, 3.8) is 0 Å². The molecule has 0 bridgehead atoms. The van der Waals surface area contributed by atoms with Crippen molar-refractivity contribution in [2.45, 2.75) is 25.4 Å². The van der Waals surface area contributed by atoms with Crippen molar-refractivity contribution >= 4 is 23.1 Å². The number of carbonyl (C=O) groups is 2. The van der Waals surface area contributed by atoms with Crippen LogP contribution in [0.3, 0.4) is 0 Å². The Morgan fingerprint density at radius 1 is 1.13 bits per heavy atom. The summed E-state index contributed by atoms with van der Waals surface area (Å²) in [6.07, 6.45) is 3.92. The zero-order chi connectivity index (χ0) is 26.6. The summed E-state index contributed by atoms with van der Waals surface area (Å²) in [5.74, 6) is -1.67. The molecule has 3 amide bonds. The van der Waals surface area contributed by atoms with Crippen LogP contribution >= 0.6 is 0 Å². The Balaban J connectivity index is 1.24. The largest absolute Gasteiger partial charge is 0.434 e. The molecule has 0 spiro atoms. The van der Waals surface area contributed by atoms with Crippen LogP contribution in [0.2, 0.25) is 0 Å². The molecule has 12 heteroatoms. The van der Waals surface area contributed by atoms with E-state index in [0.717, 1.165) is 31.1 Å². The monoisotopic (exact) mass is 521 g/mol. The minimum atomic E-state index is -0.831. The van der Waals surface area contributed by atoms with Gasteiger partial charge in [0.15, 0.2) is 11.6 Å². The van der Waals surface area contributed by atoms with Crippen molar-refractivity contribution in [3.05, 3.63) is 83.8 Å². The van der Waals surface area contributed by atoms with E-state index in [2.05, 4.69) is 25.6 Å². The molecular weight excluding hydrogens is 496 g/mol. The number of nitrogens with two attached hydrogens (primary N) is 1. The Kier molecular flexibility index (Phi) is 7.24. The van der Waals surface area contributed by atoms with Crippen LogP contribution in [-0.4, -0.2) is 50.6 Å². The van der Waals surface area contributed by atoms with Crippen LogP contribution in [-0.2, 0) is 17.8 Å². The summed E-state index contributed by atoms with van der Waals surface area (Å²) in [5.41, 5.74) is 8.22. The summed E-state index contributed by atoms with van der Waals surface area (Å²) in [4.78, 5) is 30.7. The predicted octanol–water partition coefficient (Wildman–Crippen LogP) is 3.22. The average Bonchev–Trinajstić information content (AvgIpc) is 3.48. The van der Waals surface area contributed by atoms with Crippen molar-refractivity contribution in [1.82, 2.24) is 24.8 Å². The van der Waals surface area contributed by atoms with Crippen LogP contribution < -0.4 is 21.1 Å². The number of benzene rings is 2. The maximum absolute atomic E-state index is 14.9.